The molecule has 0 spiro atoms. The maximum absolute atomic E-state index is 13.3. The Bertz CT molecular complexity index is 522. The third-order valence-electron chi connectivity index (χ3n) is 2.15. The SMILES string of the molecule is Cc1nc2c(F)cccn2c1CC#N. The van der Waals surface area contributed by atoms with Gasteiger partial charge in [0, 0.05) is 6.20 Å². The standard InChI is InChI=1S/C10H8FN3/c1-7-9(4-5-12)14-6-2-3-8(11)10(14)13-7/h2-3,6H,4H2,1H3. The maximum Gasteiger partial charge on any atom is 0.173 e. The molecule has 0 amide bonds. The maximum atomic E-state index is 13.3. The van der Waals surface area contributed by atoms with E-state index < -0.39 is 0 Å². The van der Waals surface area contributed by atoms with Crippen LogP contribution in [0.5, 0.6) is 0 Å². The van der Waals surface area contributed by atoms with Gasteiger partial charge in [0.25, 0.3) is 0 Å². The summed E-state index contributed by atoms with van der Waals surface area (Å²) >= 11 is 0. The Hall–Kier alpha value is -1.89. The van der Waals surface area contributed by atoms with Gasteiger partial charge in [0.05, 0.1) is 23.9 Å². The van der Waals surface area contributed by atoms with Crippen LogP contribution in [0, 0.1) is 24.1 Å². The summed E-state index contributed by atoms with van der Waals surface area (Å²) in [4.78, 5) is 4.07. The summed E-state index contributed by atoms with van der Waals surface area (Å²) < 4.78 is 14.9. The molecule has 0 aliphatic carbocycles. The number of rotatable bonds is 1. The summed E-state index contributed by atoms with van der Waals surface area (Å²) in [5.41, 5.74) is 1.74. The molecule has 0 bridgehead atoms. The summed E-state index contributed by atoms with van der Waals surface area (Å²) in [6, 6.07) is 5.00. The van der Waals surface area contributed by atoms with Crippen molar-refractivity contribution < 1.29 is 4.39 Å². The quantitative estimate of drug-likeness (QED) is 0.686. The lowest BCUT2D eigenvalue weighted by atomic mass is 10.3. The Labute approximate surface area is 80.4 Å². The number of halogens is 1. The molecule has 0 saturated carbocycles. The monoisotopic (exact) mass is 189 g/mol. The molecule has 14 heavy (non-hydrogen) atoms. The Balaban J connectivity index is 2.78. The number of fused-ring (bicyclic) bond motifs is 1. The van der Waals surface area contributed by atoms with E-state index in [1.165, 1.54) is 6.07 Å². The number of aromatic nitrogens is 2. The van der Waals surface area contributed by atoms with E-state index in [0.29, 0.717) is 5.69 Å². The molecule has 0 aliphatic rings. The Morgan fingerprint density at radius 3 is 3.14 bits per heavy atom. The van der Waals surface area contributed by atoms with Gasteiger partial charge in [-0.15, -0.1) is 0 Å². The van der Waals surface area contributed by atoms with Gasteiger partial charge in [-0.2, -0.15) is 5.26 Å². The highest BCUT2D eigenvalue weighted by molar-refractivity contribution is 5.44. The van der Waals surface area contributed by atoms with Crippen LogP contribution in [0.15, 0.2) is 18.3 Å². The zero-order valence-corrected chi connectivity index (χ0v) is 7.66. The summed E-state index contributed by atoms with van der Waals surface area (Å²) in [7, 11) is 0. The lowest BCUT2D eigenvalue weighted by Crippen LogP contribution is -1.93. The van der Waals surface area contributed by atoms with Gasteiger partial charge in [0.2, 0.25) is 0 Å². The van der Waals surface area contributed by atoms with E-state index in [-0.39, 0.29) is 17.9 Å². The first-order chi connectivity index (χ1) is 6.74. The Morgan fingerprint density at radius 2 is 2.43 bits per heavy atom. The van der Waals surface area contributed by atoms with Crippen LogP contribution in [-0.2, 0) is 6.42 Å². The minimum atomic E-state index is -0.361. The largest absolute Gasteiger partial charge is 0.300 e. The lowest BCUT2D eigenvalue weighted by Gasteiger charge is -1.97. The number of aryl methyl sites for hydroxylation is 1. The van der Waals surface area contributed by atoms with Crippen molar-refractivity contribution in [1.29, 1.82) is 5.26 Å². The van der Waals surface area contributed by atoms with Gasteiger partial charge in [0.15, 0.2) is 11.5 Å². The molecule has 0 aromatic carbocycles. The summed E-state index contributed by atoms with van der Waals surface area (Å²) in [5, 5.41) is 8.61. The van der Waals surface area contributed by atoms with E-state index in [1.807, 2.05) is 6.07 Å². The van der Waals surface area contributed by atoms with Crippen LogP contribution in [0.4, 0.5) is 4.39 Å². The van der Waals surface area contributed by atoms with E-state index >= 15 is 0 Å². The third-order valence-corrected chi connectivity index (χ3v) is 2.15. The zero-order valence-electron chi connectivity index (χ0n) is 7.66. The molecule has 3 nitrogen and oxygen atoms in total. The number of pyridine rings is 1. The van der Waals surface area contributed by atoms with Gasteiger partial charge < -0.3 is 4.40 Å². The molecular weight excluding hydrogens is 181 g/mol. The molecule has 0 atom stereocenters. The molecule has 2 rings (SSSR count). The fraction of sp³-hybridized carbons (Fsp3) is 0.200. The molecule has 70 valence electrons. The van der Waals surface area contributed by atoms with Crippen LogP contribution >= 0.6 is 0 Å². The second-order valence-electron chi connectivity index (χ2n) is 3.03. The van der Waals surface area contributed by atoms with E-state index in [9.17, 15) is 4.39 Å². The summed E-state index contributed by atoms with van der Waals surface area (Å²) in [6.07, 6.45) is 1.96. The van der Waals surface area contributed by atoms with Crippen LogP contribution in [0.2, 0.25) is 0 Å². The van der Waals surface area contributed by atoms with Crippen molar-refractivity contribution in [1.82, 2.24) is 9.38 Å². The van der Waals surface area contributed by atoms with Gasteiger partial charge in [0.1, 0.15) is 0 Å². The highest BCUT2D eigenvalue weighted by Gasteiger charge is 2.10. The number of nitriles is 1. The van der Waals surface area contributed by atoms with E-state index in [2.05, 4.69) is 4.98 Å². The highest BCUT2D eigenvalue weighted by Crippen LogP contribution is 2.14. The molecule has 2 aromatic rings. The predicted molar refractivity (Wildman–Crippen MR) is 49.2 cm³/mol. The van der Waals surface area contributed by atoms with Crippen LogP contribution in [0.3, 0.4) is 0 Å². The fourth-order valence-corrected chi connectivity index (χ4v) is 1.48. The Morgan fingerprint density at radius 1 is 1.64 bits per heavy atom. The number of nitrogens with zero attached hydrogens (tertiary/aromatic N) is 3. The molecule has 0 unspecified atom stereocenters. The summed E-state index contributed by atoms with van der Waals surface area (Å²) in [6.45, 7) is 1.78. The van der Waals surface area contributed by atoms with Crippen LogP contribution in [0.25, 0.3) is 5.65 Å². The topological polar surface area (TPSA) is 41.1 Å². The third kappa shape index (κ3) is 1.14. The minimum absolute atomic E-state index is 0.246. The van der Waals surface area contributed by atoms with Crippen molar-refractivity contribution >= 4 is 5.65 Å². The molecule has 0 N–H and O–H groups in total. The molecule has 0 saturated heterocycles. The smallest absolute Gasteiger partial charge is 0.173 e. The van der Waals surface area contributed by atoms with Crippen molar-refractivity contribution in [2.75, 3.05) is 0 Å². The van der Waals surface area contributed by atoms with Crippen molar-refractivity contribution in [3.05, 3.63) is 35.5 Å². The van der Waals surface area contributed by atoms with Crippen molar-refractivity contribution in [3.8, 4) is 6.07 Å². The minimum Gasteiger partial charge on any atom is -0.300 e. The number of hydrogen-bond acceptors (Lipinski definition) is 2. The molecular formula is C10H8FN3. The van der Waals surface area contributed by atoms with Gasteiger partial charge in [-0.3, -0.25) is 0 Å². The van der Waals surface area contributed by atoms with Crippen LogP contribution in [0.1, 0.15) is 11.4 Å². The molecule has 2 heterocycles. The molecule has 0 fully saturated rings. The number of hydrogen-bond donors (Lipinski definition) is 0. The number of imidazole rings is 1. The van der Waals surface area contributed by atoms with Gasteiger partial charge in [-0.25, -0.2) is 9.37 Å². The van der Waals surface area contributed by atoms with E-state index in [0.717, 1.165) is 5.69 Å². The molecule has 0 radical (unpaired) electrons. The highest BCUT2D eigenvalue weighted by atomic mass is 19.1. The summed E-state index contributed by atoms with van der Waals surface area (Å²) in [5.74, 6) is -0.361. The second-order valence-corrected chi connectivity index (χ2v) is 3.03. The molecule has 0 aliphatic heterocycles. The first-order valence-corrected chi connectivity index (χ1v) is 4.23. The predicted octanol–water partition coefficient (Wildman–Crippen LogP) is 1.85. The average molecular weight is 189 g/mol. The van der Waals surface area contributed by atoms with Crippen molar-refractivity contribution in [2.24, 2.45) is 0 Å². The van der Waals surface area contributed by atoms with Crippen molar-refractivity contribution in [2.45, 2.75) is 13.3 Å². The Kier molecular flexibility index (Phi) is 1.93. The van der Waals surface area contributed by atoms with E-state index in [1.54, 1.807) is 23.6 Å². The first-order valence-electron chi connectivity index (χ1n) is 4.23. The lowest BCUT2D eigenvalue weighted by molar-refractivity contribution is 0.629. The molecule has 2 aromatic heterocycles. The van der Waals surface area contributed by atoms with Crippen LogP contribution < -0.4 is 0 Å². The molecule has 4 heteroatoms. The van der Waals surface area contributed by atoms with Gasteiger partial charge in [-0.05, 0) is 19.1 Å². The normalized spacial score (nSPS) is 10.4. The fourth-order valence-electron chi connectivity index (χ4n) is 1.48. The zero-order chi connectivity index (χ0) is 10.1. The van der Waals surface area contributed by atoms with Crippen LogP contribution in [-0.4, -0.2) is 9.38 Å². The first kappa shape index (κ1) is 8.70. The second kappa shape index (κ2) is 3.11. The van der Waals surface area contributed by atoms with Crippen molar-refractivity contribution in [3.63, 3.8) is 0 Å². The van der Waals surface area contributed by atoms with Gasteiger partial charge in [-0.1, -0.05) is 0 Å². The average Bonchev–Trinajstić information content (AvgIpc) is 2.47. The van der Waals surface area contributed by atoms with Gasteiger partial charge >= 0.3 is 0 Å². The van der Waals surface area contributed by atoms with E-state index in [4.69, 9.17) is 5.26 Å².